The Morgan fingerprint density at radius 3 is 2.75 bits per heavy atom. The van der Waals surface area contributed by atoms with Crippen LogP contribution in [-0.2, 0) is 11.2 Å². The lowest BCUT2D eigenvalue weighted by Gasteiger charge is -2.34. The summed E-state index contributed by atoms with van der Waals surface area (Å²) in [5.41, 5.74) is 7.00. The number of carbonyl (C=O) groups is 1. The highest BCUT2D eigenvalue weighted by Crippen LogP contribution is 2.28. The summed E-state index contributed by atoms with van der Waals surface area (Å²) in [5, 5.41) is 0. The van der Waals surface area contributed by atoms with E-state index in [9.17, 15) is 4.79 Å². The van der Waals surface area contributed by atoms with E-state index in [1.807, 2.05) is 17.0 Å². The van der Waals surface area contributed by atoms with Gasteiger partial charge in [-0.3, -0.25) is 4.79 Å². The average molecular weight is 339 g/mol. The van der Waals surface area contributed by atoms with Crippen LogP contribution in [0.5, 0.6) is 0 Å². The highest BCUT2D eigenvalue weighted by atomic mass is 79.9. The molecule has 0 aliphatic carbocycles. The Labute approximate surface area is 129 Å². The average Bonchev–Trinajstić information content (AvgIpc) is 2.84. The van der Waals surface area contributed by atoms with Crippen LogP contribution in [0.2, 0.25) is 0 Å². The lowest BCUT2D eigenvalue weighted by Crippen LogP contribution is -2.49. The van der Waals surface area contributed by atoms with Crippen LogP contribution in [0.25, 0.3) is 0 Å². The predicted molar refractivity (Wildman–Crippen MR) is 85.5 cm³/mol. The number of carbonyl (C=O) groups excluding carboxylic acids is 1. The number of nitrogens with two attached hydrogens (primary N) is 1. The lowest BCUT2D eigenvalue weighted by molar-refractivity contribution is -0.134. The van der Waals surface area contributed by atoms with E-state index >= 15 is 0 Å². The molecule has 1 atom stereocenters. The fourth-order valence-corrected chi connectivity index (χ4v) is 3.15. The van der Waals surface area contributed by atoms with Gasteiger partial charge in [0.05, 0.1) is 5.54 Å². The van der Waals surface area contributed by atoms with Gasteiger partial charge in [0.15, 0.2) is 0 Å². The smallest absolute Gasteiger partial charge is 0.223 e. The molecule has 4 heteroatoms. The molecule has 2 rings (SSSR count). The maximum absolute atomic E-state index is 12.3. The van der Waals surface area contributed by atoms with Gasteiger partial charge in [0.1, 0.15) is 0 Å². The van der Waals surface area contributed by atoms with Gasteiger partial charge < -0.3 is 10.6 Å². The fourth-order valence-electron chi connectivity index (χ4n) is 2.89. The molecule has 1 fully saturated rings. The van der Waals surface area contributed by atoms with Crippen LogP contribution in [-0.4, -0.2) is 29.4 Å². The zero-order chi connectivity index (χ0) is 14.6. The number of rotatable bonds is 5. The van der Waals surface area contributed by atoms with Crippen LogP contribution >= 0.6 is 15.9 Å². The Balaban J connectivity index is 1.82. The van der Waals surface area contributed by atoms with E-state index in [0.717, 1.165) is 36.7 Å². The zero-order valence-electron chi connectivity index (χ0n) is 12.1. The summed E-state index contributed by atoms with van der Waals surface area (Å²) in [6.07, 6.45) is 4.57. The summed E-state index contributed by atoms with van der Waals surface area (Å²) in [5.74, 6) is 0.257. The van der Waals surface area contributed by atoms with Crippen LogP contribution in [0.15, 0.2) is 28.7 Å². The first-order chi connectivity index (χ1) is 9.55. The molecule has 20 heavy (non-hydrogen) atoms. The summed E-state index contributed by atoms with van der Waals surface area (Å²) in [6, 6.07) is 8.30. The number of nitrogens with zero attached hydrogens (tertiary/aromatic N) is 1. The van der Waals surface area contributed by atoms with Crippen molar-refractivity contribution in [1.82, 2.24) is 4.90 Å². The Hall–Kier alpha value is -0.870. The summed E-state index contributed by atoms with van der Waals surface area (Å²) in [6.45, 7) is 3.53. The summed E-state index contributed by atoms with van der Waals surface area (Å²) >= 11 is 3.43. The van der Waals surface area contributed by atoms with Crippen LogP contribution in [0.4, 0.5) is 0 Å². The first-order valence-electron chi connectivity index (χ1n) is 7.30. The normalized spacial score (nSPS) is 22.2. The SMILES string of the molecule is CC1(CN)CCCN1C(=O)CCCc1ccc(Br)cc1. The molecule has 2 N–H and O–H groups in total. The molecule has 1 unspecified atom stereocenters. The van der Waals surface area contributed by atoms with Gasteiger partial charge in [-0.2, -0.15) is 0 Å². The van der Waals surface area contributed by atoms with Crippen LogP contribution in [0.3, 0.4) is 0 Å². The summed E-state index contributed by atoms with van der Waals surface area (Å²) in [4.78, 5) is 14.3. The molecule has 0 saturated carbocycles. The van der Waals surface area contributed by atoms with Gasteiger partial charge in [-0.1, -0.05) is 28.1 Å². The van der Waals surface area contributed by atoms with Gasteiger partial charge in [-0.05, 0) is 50.3 Å². The van der Waals surface area contributed by atoms with Crippen molar-refractivity contribution in [2.75, 3.05) is 13.1 Å². The highest BCUT2D eigenvalue weighted by molar-refractivity contribution is 9.10. The molecule has 1 amide bonds. The molecule has 3 nitrogen and oxygen atoms in total. The maximum Gasteiger partial charge on any atom is 0.223 e. The van der Waals surface area contributed by atoms with Crippen molar-refractivity contribution >= 4 is 21.8 Å². The Kier molecular flexibility index (Phi) is 5.22. The van der Waals surface area contributed by atoms with Crippen molar-refractivity contribution in [2.45, 2.75) is 44.6 Å². The maximum atomic E-state index is 12.3. The fraction of sp³-hybridized carbons (Fsp3) is 0.562. The summed E-state index contributed by atoms with van der Waals surface area (Å²) < 4.78 is 1.09. The molecule has 0 bridgehead atoms. The third-order valence-corrected chi connectivity index (χ3v) is 4.79. The molecular weight excluding hydrogens is 316 g/mol. The number of likely N-dealkylation sites (tertiary alicyclic amines) is 1. The van der Waals surface area contributed by atoms with Crippen molar-refractivity contribution < 1.29 is 4.79 Å². The monoisotopic (exact) mass is 338 g/mol. The van der Waals surface area contributed by atoms with Crippen molar-refractivity contribution in [3.05, 3.63) is 34.3 Å². The Morgan fingerprint density at radius 1 is 1.40 bits per heavy atom. The number of aryl methyl sites for hydroxylation is 1. The molecule has 1 aliphatic rings. The molecule has 0 aromatic heterocycles. The second-order valence-corrected chi connectivity index (χ2v) is 6.75. The molecule has 0 spiro atoms. The molecule has 1 aromatic rings. The third-order valence-electron chi connectivity index (χ3n) is 4.26. The first-order valence-corrected chi connectivity index (χ1v) is 8.09. The first kappa shape index (κ1) is 15.5. The predicted octanol–water partition coefficient (Wildman–Crippen LogP) is 3.11. The quantitative estimate of drug-likeness (QED) is 0.896. The Morgan fingerprint density at radius 2 is 2.10 bits per heavy atom. The Bertz CT molecular complexity index is 460. The van der Waals surface area contributed by atoms with Crippen molar-refractivity contribution in [2.24, 2.45) is 5.73 Å². The van der Waals surface area contributed by atoms with E-state index in [1.165, 1.54) is 5.56 Å². The van der Waals surface area contributed by atoms with Crippen molar-refractivity contribution in [1.29, 1.82) is 0 Å². The van der Waals surface area contributed by atoms with Crippen LogP contribution in [0, 0.1) is 0 Å². The molecule has 1 aliphatic heterocycles. The second-order valence-electron chi connectivity index (χ2n) is 5.83. The van der Waals surface area contributed by atoms with E-state index in [2.05, 4.69) is 35.0 Å². The largest absolute Gasteiger partial charge is 0.336 e. The zero-order valence-corrected chi connectivity index (χ0v) is 13.7. The second kappa shape index (κ2) is 6.72. The van der Waals surface area contributed by atoms with Crippen molar-refractivity contribution in [3.63, 3.8) is 0 Å². The van der Waals surface area contributed by atoms with Crippen LogP contribution in [0.1, 0.15) is 38.2 Å². The molecule has 0 radical (unpaired) electrons. The van der Waals surface area contributed by atoms with E-state index < -0.39 is 0 Å². The van der Waals surface area contributed by atoms with Gasteiger partial charge >= 0.3 is 0 Å². The third kappa shape index (κ3) is 3.61. The highest BCUT2D eigenvalue weighted by Gasteiger charge is 2.37. The van der Waals surface area contributed by atoms with E-state index in [1.54, 1.807) is 0 Å². The minimum Gasteiger partial charge on any atom is -0.336 e. The number of hydrogen-bond acceptors (Lipinski definition) is 2. The summed E-state index contributed by atoms with van der Waals surface area (Å²) in [7, 11) is 0. The van der Waals surface area contributed by atoms with E-state index in [4.69, 9.17) is 5.73 Å². The van der Waals surface area contributed by atoms with Gasteiger partial charge in [0, 0.05) is 24.0 Å². The topological polar surface area (TPSA) is 46.3 Å². The molecule has 110 valence electrons. The van der Waals surface area contributed by atoms with Gasteiger partial charge in [0.2, 0.25) is 5.91 Å². The number of benzene rings is 1. The van der Waals surface area contributed by atoms with Gasteiger partial charge in [-0.15, -0.1) is 0 Å². The van der Waals surface area contributed by atoms with Gasteiger partial charge in [0.25, 0.3) is 0 Å². The van der Waals surface area contributed by atoms with Crippen LogP contribution < -0.4 is 5.73 Å². The molecule has 1 saturated heterocycles. The molecule has 1 heterocycles. The molecular formula is C16H23BrN2O. The van der Waals surface area contributed by atoms with Crippen molar-refractivity contribution in [3.8, 4) is 0 Å². The number of halogens is 1. The standard InChI is InChI=1S/C16H23BrN2O/c1-16(12-18)10-3-11-19(16)15(20)5-2-4-13-6-8-14(17)9-7-13/h6-9H,2-5,10-12,18H2,1H3. The van der Waals surface area contributed by atoms with E-state index in [0.29, 0.717) is 13.0 Å². The minimum atomic E-state index is -0.116. The van der Waals surface area contributed by atoms with E-state index in [-0.39, 0.29) is 11.4 Å². The minimum absolute atomic E-state index is 0.116. The molecule has 1 aromatic carbocycles. The lowest BCUT2D eigenvalue weighted by atomic mass is 9.98. The van der Waals surface area contributed by atoms with Gasteiger partial charge in [-0.25, -0.2) is 0 Å². The number of hydrogen-bond donors (Lipinski definition) is 1. The number of amides is 1.